The molecule has 11 rings (SSSR count). The average Bonchev–Trinajstić information content (AvgIpc) is 3.82. The number of benzene rings is 9. The van der Waals surface area contributed by atoms with E-state index in [0.29, 0.717) is 5.56 Å². The first-order chi connectivity index (χ1) is 28.7. The third-order valence-corrected chi connectivity index (χ3v) is 11.5. The van der Waals surface area contributed by atoms with Gasteiger partial charge in [-0.1, -0.05) is 146 Å². The van der Waals surface area contributed by atoms with Crippen LogP contribution in [0.15, 0.2) is 212 Å². The highest BCUT2D eigenvalue weighted by molar-refractivity contribution is 6.17. The zero-order valence-corrected chi connectivity index (χ0v) is 31.5. The van der Waals surface area contributed by atoms with Crippen molar-refractivity contribution in [2.45, 2.75) is 0 Å². The molecule has 9 aromatic carbocycles. The van der Waals surface area contributed by atoms with Crippen LogP contribution >= 0.6 is 0 Å². The zero-order valence-electron chi connectivity index (χ0n) is 31.5. The maximum absolute atomic E-state index is 9.70. The zero-order chi connectivity index (χ0) is 38.6. The van der Waals surface area contributed by atoms with Crippen LogP contribution in [0.2, 0.25) is 0 Å². The molecule has 0 saturated carbocycles. The van der Waals surface area contributed by atoms with Crippen molar-refractivity contribution in [1.29, 1.82) is 5.26 Å². The molecule has 0 aliphatic heterocycles. The minimum absolute atomic E-state index is 0.648. The summed E-state index contributed by atoms with van der Waals surface area (Å²) in [5.74, 6) is 0. The van der Waals surface area contributed by atoms with E-state index >= 15 is 0 Å². The lowest BCUT2D eigenvalue weighted by Gasteiger charge is -2.16. The lowest BCUT2D eigenvalue weighted by molar-refractivity contribution is 1.18. The van der Waals surface area contributed by atoms with Gasteiger partial charge in [-0.15, -0.1) is 0 Å². The van der Waals surface area contributed by atoms with Crippen molar-refractivity contribution in [3.63, 3.8) is 0 Å². The fourth-order valence-electron chi connectivity index (χ4n) is 8.90. The molecule has 0 atom stereocenters. The molecule has 0 aliphatic carbocycles. The second-order valence-electron chi connectivity index (χ2n) is 14.8. The fourth-order valence-corrected chi connectivity index (χ4v) is 8.90. The van der Waals surface area contributed by atoms with Gasteiger partial charge in [-0.2, -0.15) is 5.26 Å². The standard InChI is InChI=1S/C55H35N3/c56-36-37-14-12-19-40(32-37)43-26-29-45(38-15-4-1-5-16-38)54(35-43)58-50-24-11-10-22-47(50)48-33-41(27-30-51(48)58)42-28-31-52-49(34-42)55-46(39-17-6-2-7-18-39)23-13-25-53(55)57(52)44-20-8-3-9-21-44/h1-35H. The third-order valence-electron chi connectivity index (χ3n) is 11.5. The smallest absolute Gasteiger partial charge is 0.0991 e. The normalized spacial score (nSPS) is 11.4. The van der Waals surface area contributed by atoms with Crippen LogP contribution in [0.5, 0.6) is 0 Å². The summed E-state index contributed by atoms with van der Waals surface area (Å²) >= 11 is 0. The molecule has 0 saturated heterocycles. The van der Waals surface area contributed by atoms with Gasteiger partial charge in [0.1, 0.15) is 0 Å². The molecule has 3 heteroatoms. The summed E-state index contributed by atoms with van der Waals surface area (Å²) < 4.78 is 4.81. The van der Waals surface area contributed by atoms with Gasteiger partial charge in [-0.05, 0) is 106 Å². The van der Waals surface area contributed by atoms with Crippen LogP contribution in [0.25, 0.3) is 99.5 Å². The largest absolute Gasteiger partial charge is 0.309 e. The lowest BCUT2D eigenvalue weighted by Crippen LogP contribution is -1.98. The van der Waals surface area contributed by atoms with Crippen molar-refractivity contribution in [3.05, 3.63) is 218 Å². The summed E-state index contributed by atoms with van der Waals surface area (Å²) in [4.78, 5) is 0. The Morgan fingerprint density at radius 1 is 0.328 bits per heavy atom. The molecule has 2 heterocycles. The number of para-hydroxylation sites is 2. The molecular formula is C55H35N3. The molecule has 3 nitrogen and oxygen atoms in total. The van der Waals surface area contributed by atoms with E-state index in [9.17, 15) is 5.26 Å². The van der Waals surface area contributed by atoms with Crippen molar-refractivity contribution < 1.29 is 0 Å². The average molecular weight is 738 g/mol. The molecule has 270 valence electrons. The first kappa shape index (κ1) is 33.4. The molecular weight excluding hydrogens is 703 g/mol. The van der Waals surface area contributed by atoms with Gasteiger partial charge in [0.05, 0.1) is 39.4 Å². The van der Waals surface area contributed by atoms with Crippen molar-refractivity contribution in [3.8, 4) is 62.0 Å². The molecule has 0 radical (unpaired) electrons. The van der Waals surface area contributed by atoms with Crippen LogP contribution in [0.3, 0.4) is 0 Å². The minimum Gasteiger partial charge on any atom is -0.309 e. The molecule has 0 aliphatic rings. The Labute approximate surface area is 336 Å². The molecule has 0 bridgehead atoms. The van der Waals surface area contributed by atoms with Crippen LogP contribution in [0.4, 0.5) is 0 Å². The highest BCUT2D eigenvalue weighted by Crippen LogP contribution is 2.43. The lowest BCUT2D eigenvalue weighted by atomic mass is 9.96. The van der Waals surface area contributed by atoms with E-state index in [1.807, 2.05) is 18.2 Å². The van der Waals surface area contributed by atoms with Gasteiger partial charge in [-0.3, -0.25) is 0 Å². The van der Waals surface area contributed by atoms with E-state index in [1.54, 1.807) is 0 Å². The summed E-state index contributed by atoms with van der Waals surface area (Å²) in [5.41, 5.74) is 16.7. The molecule has 0 N–H and O–H groups in total. The van der Waals surface area contributed by atoms with Gasteiger partial charge in [0.25, 0.3) is 0 Å². The minimum atomic E-state index is 0.648. The van der Waals surface area contributed by atoms with E-state index in [1.165, 1.54) is 54.8 Å². The molecule has 0 unspecified atom stereocenters. The van der Waals surface area contributed by atoms with Gasteiger partial charge in [-0.25, -0.2) is 0 Å². The number of nitriles is 1. The second kappa shape index (κ2) is 13.7. The second-order valence-corrected chi connectivity index (χ2v) is 14.8. The Balaban J connectivity index is 1.14. The summed E-state index contributed by atoms with van der Waals surface area (Å²) in [7, 11) is 0. The van der Waals surface area contributed by atoms with Gasteiger partial charge in [0, 0.05) is 32.8 Å². The highest BCUT2D eigenvalue weighted by Gasteiger charge is 2.20. The summed E-state index contributed by atoms with van der Waals surface area (Å²) in [6, 6.07) is 78.1. The van der Waals surface area contributed by atoms with Crippen LogP contribution < -0.4 is 0 Å². The van der Waals surface area contributed by atoms with Crippen LogP contribution in [-0.2, 0) is 0 Å². The molecule has 11 aromatic rings. The maximum atomic E-state index is 9.70. The number of hydrogen-bond acceptors (Lipinski definition) is 1. The molecule has 2 aromatic heterocycles. The van der Waals surface area contributed by atoms with Crippen molar-refractivity contribution in [2.24, 2.45) is 0 Å². The predicted octanol–water partition coefficient (Wildman–Crippen LogP) is 14.4. The summed E-state index contributed by atoms with van der Waals surface area (Å²) in [5, 5.41) is 14.6. The van der Waals surface area contributed by atoms with E-state index in [4.69, 9.17) is 0 Å². The predicted molar refractivity (Wildman–Crippen MR) is 242 cm³/mol. The first-order valence-electron chi connectivity index (χ1n) is 19.7. The SMILES string of the molecule is N#Cc1cccc(-c2ccc(-c3ccccc3)c(-n3c4ccccc4c4cc(-c5ccc6c(c5)c5c(-c7ccccc7)cccc5n6-c5ccccc5)ccc43)c2)c1. The Bertz CT molecular complexity index is 3380. The van der Waals surface area contributed by atoms with Crippen LogP contribution in [0.1, 0.15) is 5.56 Å². The Morgan fingerprint density at radius 2 is 0.862 bits per heavy atom. The van der Waals surface area contributed by atoms with Crippen LogP contribution in [-0.4, -0.2) is 9.13 Å². The highest BCUT2D eigenvalue weighted by atomic mass is 15.0. The van der Waals surface area contributed by atoms with Crippen molar-refractivity contribution in [2.75, 3.05) is 0 Å². The third kappa shape index (κ3) is 5.43. The Morgan fingerprint density at radius 3 is 1.60 bits per heavy atom. The Hall–Kier alpha value is -7.93. The van der Waals surface area contributed by atoms with E-state index in [2.05, 4.69) is 209 Å². The summed E-state index contributed by atoms with van der Waals surface area (Å²) in [6.07, 6.45) is 0. The first-order valence-corrected chi connectivity index (χ1v) is 19.7. The van der Waals surface area contributed by atoms with Crippen molar-refractivity contribution in [1.82, 2.24) is 9.13 Å². The molecule has 0 spiro atoms. The maximum Gasteiger partial charge on any atom is 0.0991 e. The van der Waals surface area contributed by atoms with Crippen LogP contribution in [0, 0.1) is 11.3 Å². The van der Waals surface area contributed by atoms with Crippen molar-refractivity contribution >= 4 is 43.6 Å². The molecule has 0 fully saturated rings. The monoisotopic (exact) mass is 737 g/mol. The van der Waals surface area contributed by atoms with Gasteiger partial charge >= 0.3 is 0 Å². The van der Waals surface area contributed by atoms with Gasteiger partial charge < -0.3 is 9.13 Å². The van der Waals surface area contributed by atoms with Gasteiger partial charge in [0.15, 0.2) is 0 Å². The molecule has 58 heavy (non-hydrogen) atoms. The fraction of sp³-hybridized carbons (Fsp3) is 0. The number of hydrogen-bond donors (Lipinski definition) is 0. The number of rotatable bonds is 6. The van der Waals surface area contributed by atoms with E-state index in [0.717, 1.165) is 44.7 Å². The summed E-state index contributed by atoms with van der Waals surface area (Å²) in [6.45, 7) is 0. The number of nitrogens with zero attached hydrogens (tertiary/aromatic N) is 3. The van der Waals surface area contributed by atoms with Gasteiger partial charge in [0.2, 0.25) is 0 Å². The molecule has 0 amide bonds. The van der Waals surface area contributed by atoms with E-state index < -0.39 is 0 Å². The topological polar surface area (TPSA) is 33.6 Å². The number of aromatic nitrogens is 2. The Kier molecular flexibility index (Phi) is 7.88. The van der Waals surface area contributed by atoms with E-state index in [-0.39, 0.29) is 0 Å². The number of fused-ring (bicyclic) bond motifs is 6. The quantitative estimate of drug-likeness (QED) is 0.167.